The number of ether oxygens (including phenoxy) is 2. The molecule has 37 heavy (non-hydrogen) atoms. The molecule has 3 aromatic carbocycles. The molecule has 0 saturated carbocycles. The van der Waals surface area contributed by atoms with E-state index in [0.717, 1.165) is 12.1 Å². The minimum absolute atomic E-state index is 0.0312. The minimum Gasteiger partial charge on any atom is -0.493 e. The number of hydrogen-bond donors (Lipinski definition) is 2. The smallest absolute Gasteiger partial charge is 0.416 e. The van der Waals surface area contributed by atoms with Crippen molar-refractivity contribution in [3.63, 3.8) is 0 Å². The number of nitrogens with one attached hydrogen (secondary N) is 2. The minimum atomic E-state index is -4.66. The van der Waals surface area contributed by atoms with Crippen molar-refractivity contribution in [3.8, 4) is 11.5 Å². The van der Waals surface area contributed by atoms with Gasteiger partial charge < -0.3 is 14.8 Å². The fraction of sp³-hybridized carbons (Fsp3) is 0.160. The van der Waals surface area contributed by atoms with Crippen LogP contribution >= 0.6 is 11.6 Å². The van der Waals surface area contributed by atoms with Gasteiger partial charge >= 0.3 is 18.0 Å². The number of halogens is 5. The van der Waals surface area contributed by atoms with Gasteiger partial charge in [0.25, 0.3) is 0 Å². The molecule has 2 N–H and O–H groups in total. The van der Waals surface area contributed by atoms with E-state index in [4.69, 9.17) is 21.1 Å². The van der Waals surface area contributed by atoms with Gasteiger partial charge in [-0.2, -0.15) is 18.3 Å². The fourth-order valence-electron chi connectivity index (χ4n) is 3.01. The largest absolute Gasteiger partial charge is 0.493 e. The van der Waals surface area contributed by atoms with Crippen LogP contribution in [-0.2, 0) is 22.4 Å². The first kappa shape index (κ1) is 27.5. The molecule has 0 aromatic heterocycles. The van der Waals surface area contributed by atoms with E-state index in [9.17, 15) is 27.2 Å². The van der Waals surface area contributed by atoms with E-state index < -0.39 is 29.4 Å². The van der Waals surface area contributed by atoms with Gasteiger partial charge in [-0.15, -0.1) is 0 Å². The first-order valence-corrected chi connectivity index (χ1v) is 10.9. The van der Waals surface area contributed by atoms with Crippen LogP contribution in [0.1, 0.15) is 23.6 Å². The van der Waals surface area contributed by atoms with Crippen LogP contribution < -0.4 is 20.2 Å². The second kappa shape index (κ2) is 11.7. The topological polar surface area (TPSA) is 89.0 Å². The summed E-state index contributed by atoms with van der Waals surface area (Å²) in [6.45, 7) is 1.51. The van der Waals surface area contributed by atoms with E-state index in [1.807, 2.05) is 10.7 Å². The van der Waals surface area contributed by atoms with Gasteiger partial charge in [-0.3, -0.25) is 9.59 Å². The van der Waals surface area contributed by atoms with E-state index in [-0.39, 0.29) is 23.0 Å². The molecule has 3 rings (SSSR count). The van der Waals surface area contributed by atoms with Crippen molar-refractivity contribution in [1.29, 1.82) is 0 Å². The van der Waals surface area contributed by atoms with Crippen molar-refractivity contribution in [2.75, 3.05) is 12.4 Å². The Morgan fingerprint density at radius 1 is 1.00 bits per heavy atom. The summed E-state index contributed by atoms with van der Waals surface area (Å²) in [5.41, 5.74) is 1.73. The quantitative estimate of drug-likeness (QED) is 0.179. The van der Waals surface area contributed by atoms with Crippen LogP contribution in [0.4, 0.5) is 23.2 Å². The number of carbonyl (C=O) groups is 2. The van der Waals surface area contributed by atoms with Crippen molar-refractivity contribution in [2.45, 2.75) is 19.7 Å². The van der Waals surface area contributed by atoms with Crippen LogP contribution in [0.25, 0.3) is 0 Å². The SMILES string of the molecule is COc1cc(/C(C)=N/NC(=O)C(=O)Nc2cc(C(F)(F)F)ccc2Cl)ccc1OCc1ccccc1F. The Morgan fingerprint density at radius 3 is 2.41 bits per heavy atom. The third-order valence-corrected chi connectivity index (χ3v) is 5.33. The molecule has 0 spiro atoms. The van der Waals surface area contributed by atoms with Crippen molar-refractivity contribution >= 4 is 34.8 Å². The third kappa shape index (κ3) is 7.20. The Hall–Kier alpha value is -4.12. The van der Waals surface area contributed by atoms with Crippen molar-refractivity contribution in [2.24, 2.45) is 5.10 Å². The maximum atomic E-state index is 13.8. The summed E-state index contributed by atoms with van der Waals surface area (Å²) in [6, 6.07) is 13.2. The molecule has 194 valence electrons. The number of rotatable bonds is 7. The number of amides is 2. The average Bonchev–Trinajstić information content (AvgIpc) is 2.87. The lowest BCUT2D eigenvalue weighted by Gasteiger charge is -2.13. The van der Waals surface area contributed by atoms with Crippen LogP contribution in [0.2, 0.25) is 5.02 Å². The summed E-state index contributed by atoms with van der Waals surface area (Å²) < 4.78 is 63.5. The highest BCUT2D eigenvalue weighted by atomic mass is 35.5. The number of carbonyl (C=O) groups excluding carboxylic acids is 2. The summed E-state index contributed by atoms with van der Waals surface area (Å²) in [4.78, 5) is 24.3. The van der Waals surface area contributed by atoms with E-state index in [1.54, 1.807) is 36.4 Å². The van der Waals surface area contributed by atoms with E-state index in [0.29, 0.717) is 28.7 Å². The summed E-state index contributed by atoms with van der Waals surface area (Å²) in [5, 5.41) is 5.69. The molecule has 7 nitrogen and oxygen atoms in total. The van der Waals surface area contributed by atoms with Gasteiger partial charge in [0.15, 0.2) is 11.5 Å². The normalized spacial score (nSPS) is 11.6. The molecule has 0 atom stereocenters. The molecule has 0 saturated heterocycles. The number of anilines is 1. The Bertz CT molecular complexity index is 1350. The Labute approximate surface area is 214 Å². The van der Waals surface area contributed by atoms with E-state index in [1.165, 1.54) is 20.1 Å². The van der Waals surface area contributed by atoms with Gasteiger partial charge in [0.2, 0.25) is 0 Å². The van der Waals surface area contributed by atoms with Crippen molar-refractivity contribution in [1.82, 2.24) is 5.43 Å². The molecule has 2 amide bonds. The lowest BCUT2D eigenvalue weighted by Crippen LogP contribution is -2.33. The molecule has 3 aromatic rings. The number of alkyl halides is 3. The highest BCUT2D eigenvalue weighted by Gasteiger charge is 2.31. The molecule has 0 radical (unpaired) electrons. The summed E-state index contributed by atoms with van der Waals surface area (Å²) in [7, 11) is 1.41. The van der Waals surface area contributed by atoms with Crippen LogP contribution in [0, 0.1) is 5.82 Å². The highest BCUT2D eigenvalue weighted by Crippen LogP contribution is 2.34. The Balaban J connectivity index is 1.66. The van der Waals surface area contributed by atoms with Gasteiger partial charge in [-0.05, 0) is 49.4 Å². The first-order chi connectivity index (χ1) is 17.5. The van der Waals surface area contributed by atoms with Crippen LogP contribution in [0.15, 0.2) is 65.8 Å². The highest BCUT2D eigenvalue weighted by molar-refractivity contribution is 6.41. The van der Waals surface area contributed by atoms with E-state index in [2.05, 4.69) is 5.10 Å². The lowest BCUT2D eigenvalue weighted by atomic mass is 10.1. The molecule has 0 aliphatic carbocycles. The number of hydrazone groups is 1. The summed E-state index contributed by atoms with van der Waals surface area (Å²) in [6.07, 6.45) is -4.66. The maximum Gasteiger partial charge on any atom is 0.416 e. The standard InChI is InChI=1S/C25H20ClF4N3O4/c1-14(15-7-10-21(22(11-15)36-2)37-13-16-5-3-4-6-19(16)27)32-33-24(35)23(34)31-20-12-17(25(28,29)30)8-9-18(20)26/h3-12H,13H2,1-2H3,(H,31,34)(H,33,35)/b32-14+. The summed E-state index contributed by atoms with van der Waals surface area (Å²) in [5.74, 6) is -2.26. The molecule has 0 aliphatic heterocycles. The molecule has 0 fully saturated rings. The van der Waals surface area contributed by atoms with Gasteiger partial charge in [-0.25, -0.2) is 9.82 Å². The lowest BCUT2D eigenvalue weighted by molar-refractivity contribution is -0.137. The molecular weight excluding hydrogens is 518 g/mol. The molecule has 12 heteroatoms. The van der Waals surface area contributed by atoms with E-state index >= 15 is 0 Å². The van der Waals surface area contributed by atoms with Crippen LogP contribution in [0.3, 0.4) is 0 Å². The molecular formula is C25H20ClF4N3O4. The predicted molar refractivity (Wildman–Crippen MR) is 129 cm³/mol. The zero-order valence-electron chi connectivity index (χ0n) is 19.5. The molecule has 0 bridgehead atoms. The number of hydrogen-bond acceptors (Lipinski definition) is 5. The number of methoxy groups -OCH3 is 1. The van der Waals surface area contributed by atoms with Gasteiger partial charge in [0, 0.05) is 11.1 Å². The monoisotopic (exact) mass is 537 g/mol. The maximum absolute atomic E-state index is 13.8. The second-order valence-corrected chi connectivity index (χ2v) is 7.94. The first-order valence-electron chi connectivity index (χ1n) is 10.6. The Morgan fingerprint density at radius 2 is 1.73 bits per heavy atom. The average molecular weight is 538 g/mol. The number of nitrogens with zero attached hydrogens (tertiary/aromatic N) is 1. The Kier molecular flexibility index (Phi) is 8.72. The van der Waals surface area contributed by atoms with Crippen molar-refractivity contribution in [3.05, 3.63) is 88.2 Å². The van der Waals surface area contributed by atoms with Gasteiger partial charge in [-0.1, -0.05) is 29.8 Å². The molecule has 0 unspecified atom stereocenters. The zero-order valence-corrected chi connectivity index (χ0v) is 20.2. The van der Waals surface area contributed by atoms with Crippen LogP contribution in [0.5, 0.6) is 11.5 Å². The predicted octanol–water partition coefficient (Wildman–Crippen LogP) is 5.56. The number of benzene rings is 3. The second-order valence-electron chi connectivity index (χ2n) is 7.53. The third-order valence-electron chi connectivity index (χ3n) is 5.00. The summed E-state index contributed by atoms with van der Waals surface area (Å²) >= 11 is 5.83. The molecule has 0 heterocycles. The molecule has 0 aliphatic rings. The van der Waals surface area contributed by atoms with Crippen LogP contribution in [-0.4, -0.2) is 24.6 Å². The van der Waals surface area contributed by atoms with Gasteiger partial charge in [0.05, 0.1) is 29.1 Å². The fourth-order valence-corrected chi connectivity index (χ4v) is 3.17. The van der Waals surface area contributed by atoms with Gasteiger partial charge in [0.1, 0.15) is 12.4 Å². The zero-order chi connectivity index (χ0) is 27.2. The van der Waals surface area contributed by atoms with Crippen molar-refractivity contribution < 1.29 is 36.6 Å².